The molecule has 1 aliphatic rings. The van der Waals surface area contributed by atoms with Crippen LogP contribution < -0.4 is 0 Å². The third kappa shape index (κ3) is 1.72. The summed E-state index contributed by atoms with van der Waals surface area (Å²) in [5.74, 6) is -0.486. The molecule has 3 heteroatoms. The Kier molecular flexibility index (Phi) is 3.09. The molecule has 3 nitrogen and oxygen atoms in total. The van der Waals surface area contributed by atoms with Crippen LogP contribution in [0, 0.1) is 5.41 Å². The predicted molar refractivity (Wildman–Crippen MR) is 52.7 cm³/mol. The van der Waals surface area contributed by atoms with E-state index in [9.17, 15) is 9.59 Å². The molecule has 78 valence electrons. The fourth-order valence-electron chi connectivity index (χ4n) is 1.70. The van der Waals surface area contributed by atoms with E-state index in [1.807, 2.05) is 6.08 Å². The lowest BCUT2D eigenvalue weighted by Gasteiger charge is -2.28. The van der Waals surface area contributed by atoms with Crippen molar-refractivity contribution in [1.82, 2.24) is 0 Å². The molecule has 0 aliphatic heterocycles. The zero-order chi connectivity index (χ0) is 10.8. The van der Waals surface area contributed by atoms with Gasteiger partial charge in [0, 0.05) is 0 Å². The molecule has 0 radical (unpaired) electrons. The Hall–Kier alpha value is -1.12. The number of hydrogen-bond acceptors (Lipinski definition) is 3. The Morgan fingerprint density at radius 3 is 2.86 bits per heavy atom. The summed E-state index contributed by atoms with van der Waals surface area (Å²) in [6.07, 6.45) is 3.21. The monoisotopic (exact) mass is 196 g/mol. The van der Waals surface area contributed by atoms with Crippen molar-refractivity contribution >= 4 is 11.8 Å². The molecule has 1 rings (SSSR count). The van der Waals surface area contributed by atoms with E-state index < -0.39 is 11.4 Å². The highest BCUT2D eigenvalue weighted by Crippen LogP contribution is 2.33. The summed E-state index contributed by atoms with van der Waals surface area (Å²) < 4.78 is 4.92. The second-order valence-electron chi connectivity index (χ2n) is 3.81. The molecule has 0 aromatic heterocycles. The molecule has 14 heavy (non-hydrogen) atoms. The van der Waals surface area contributed by atoms with Gasteiger partial charge in [0.2, 0.25) is 0 Å². The van der Waals surface area contributed by atoms with Crippen molar-refractivity contribution in [3.63, 3.8) is 0 Å². The van der Waals surface area contributed by atoms with E-state index in [2.05, 4.69) is 0 Å². The average molecular weight is 196 g/mol. The first kappa shape index (κ1) is 11.0. The van der Waals surface area contributed by atoms with Crippen molar-refractivity contribution in [1.29, 1.82) is 0 Å². The molecule has 0 saturated heterocycles. The summed E-state index contributed by atoms with van der Waals surface area (Å²) in [6, 6.07) is 0. The zero-order valence-corrected chi connectivity index (χ0v) is 8.92. The summed E-state index contributed by atoms with van der Waals surface area (Å²) in [7, 11) is 0. The minimum Gasteiger partial charge on any atom is -0.465 e. The molecule has 0 amide bonds. The topological polar surface area (TPSA) is 43.4 Å². The Morgan fingerprint density at radius 2 is 2.29 bits per heavy atom. The predicted octanol–water partition coefficient (Wildman–Crippen LogP) is 1.86. The number of ether oxygens (including phenoxy) is 1. The van der Waals surface area contributed by atoms with E-state index in [0.29, 0.717) is 18.6 Å². The van der Waals surface area contributed by atoms with E-state index in [1.54, 1.807) is 20.8 Å². The van der Waals surface area contributed by atoms with Crippen LogP contribution in [0.3, 0.4) is 0 Å². The van der Waals surface area contributed by atoms with Crippen LogP contribution in [0.2, 0.25) is 0 Å². The number of rotatable bonds is 2. The number of allylic oxidation sites excluding steroid dienone is 2. The van der Waals surface area contributed by atoms with Gasteiger partial charge in [-0.3, -0.25) is 9.59 Å². The highest BCUT2D eigenvalue weighted by Gasteiger charge is 2.43. The molecule has 0 fully saturated rings. The van der Waals surface area contributed by atoms with E-state index in [1.165, 1.54) is 0 Å². The van der Waals surface area contributed by atoms with Crippen LogP contribution in [0.25, 0.3) is 0 Å². The van der Waals surface area contributed by atoms with Crippen molar-refractivity contribution in [3.8, 4) is 0 Å². The van der Waals surface area contributed by atoms with E-state index >= 15 is 0 Å². The van der Waals surface area contributed by atoms with Crippen LogP contribution in [-0.4, -0.2) is 18.4 Å². The van der Waals surface area contributed by atoms with Gasteiger partial charge in [-0.15, -0.1) is 0 Å². The van der Waals surface area contributed by atoms with Crippen molar-refractivity contribution in [2.75, 3.05) is 6.61 Å². The zero-order valence-electron chi connectivity index (χ0n) is 8.92. The fraction of sp³-hybridized carbons (Fsp3) is 0.636. The Bertz CT molecular complexity index is 291. The lowest BCUT2D eigenvalue weighted by molar-refractivity contribution is -0.158. The first-order valence-electron chi connectivity index (χ1n) is 4.91. The van der Waals surface area contributed by atoms with Crippen molar-refractivity contribution < 1.29 is 14.3 Å². The molecule has 0 bridgehead atoms. The Labute approximate surface area is 84.1 Å². The van der Waals surface area contributed by atoms with Crippen LogP contribution in [0.5, 0.6) is 0 Å². The number of esters is 1. The molecule has 0 unspecified atom stereocenters. The highest BCUT2D eigenvalue weighted by molar-refractivity contribution is 6.12. The maximum Gasteiger partial charge on any atom is 0.319 e. The van der Waals surface area contributed by atoms with Gasteiger partial charge in [-0.25, -0.2) is 0 Å². The maximum absolute atomic E-state index is 11.8. The van der Waals surface area contributed by atoms with Crippen LogP contribution in [0.4, 0.5) is 0 Å². The molecular formula is C11H16O3. The minimum atomic E-state index is -0.950. The molecule has 0 aromatic rings. The molecule has 1 atom stereocenters. The van der Waals surface area contributed by atoms with Crippen LogP contribution in [0.1, 0.15) is 33.6 Å². The first-order chi connectivity index (χ1) is 6.52. The Morgan fingerprint density at radius 1 is 1.64 bits per heavy atom. The molecular weight excluding hydrogens is 180 g/mol. The maximum atomic E-state index is 11.8. The number of ketones is 1. The number of carbonyl (C=O) groups is 2. The van der Waals surface area contributed by atoms with Crippen LogP contribution >= 0.6 is 0 Å². The highest BCUT2D eigenvalue weighted by atomic mass is 16.5. The third-order valence-electron chi connectivity index (χ3n) is 2.68. The SMILES string of the molecule is CCOC(=O)[C@@]1(C)CCC=C(C)C1=O. The van der Waals surface area contributed by atoms with E-state index in [4.69, 9.17) is 4.74 Å². The summed E-state index contributed by atoms with van der Waals surface area (Å²) in [6.45, 7) is 5.49. The summed E-state index contributed by atoms with van der Waals surface area (Å²) in [4.78, 5) is 23.4. The van der Waals surface area contributed by atoms with Gasteiger partial charge in [0.15, 0.2) is 5.78 Å². The quantitative estimate of drug-likeness (QED) is 0.500. The number of carbonyl (C=O) groups excluding carboxylic acids is 2. The minimum absolute atomic E-state index is 0.0952. The van der Waals surface area contributed by atoms with Gasteiger partial charge in [0.05, 0.1) is 6.61 Å². The van der Waals surface area contributed by atoms with Gasteiger partial charge >= 0.3 is 5.97 Å². The first-order valence-corrected chi connectivity index (χ1v) is 4.91. The molecule has 0 N–H and O–H groups in total. The van der Waals surface area contributed by atoms with Gasteiger partial charge in [0.1, 0.15) is 5.41 Å². The summed E-state index contributed by atoms with van der Waals surface area (Å²) in [5, 5.41) is 0. The third-order valence-corrected chi connectivity index (χ3v) is 2.68. The van der Waals surface area contributed by atoms with Gasteiger partial charge in [0.25, 0.3) is 0 Å². The van der Waals surface area contributed by atoms with E-state index in [0.717, 1.165) is 6.42 Å². The van der Waals surface area contributed by atoms with Gasteiger partial charge < -0.3 is 4.74 Å². The second kappa shape index (κ2) is 3.95. The average Bonchev–Trinajstić information content (AvgIpc) is 2.14. The molecule has 0 heterocycles. The number of Topliss-reactive ketones (excluding diaryl/α,β-unsaturated/α-hetero) is 1. The number of hydrogen-bond donors (Lipinski definition) is 0. The van der Waals surface area contributed by atoms with Crippen molar-refractivity contribution in [2.24, 2.45) is 5.41 Å². The lowest BCUT2D eigenvalue weighted by Crippen LogP contribution is -2.40. The molecule has 0 spiro atoms. The van der Waals surface area contributed by atoms with E-state index in [-0.39, 0.29) is 5.78 Å². The van der Waals surface area contributed by atoms with Gasteiger partial charge in [-0.1, -0.05) is 6.08 Å². The van der Waals surface area contributed by atoms with Crippen LogP contribution in [0.15, 0.2) is 11.6 Å². The molecule has 1 aliphatic carbocycles. The standard InChI is InChI=1S/C11H16O3/c1-4-14-10(13)11(3)7-5-6-8(2)9(11)12/h6H,4-5,7H2,1-3H3/t11-/m0/s1. The van der Waals surface area contributed by atoms with Gasteiger partial charge in [-0.2, -0.15) is 0 Å². The van der Waals surface area contributed by atoms with Gasteiger partial charge in [-0.05, 0) is 39.2 Å². The fourth-order valence-corrected chi connectivity index (χ4v) is 1.70. The lowest BCUT2D eigenvalue weighted by atomic mass is 9.75. The summed E-state index contributed by atoms with van der Waals surface area (Å²) in [5.41, 5.74) is -0.277. The van der Waals surface area contributed by atoms with Crippen molar-refractivity contribution in [2.45, 2.75) is 33.6 Å². The molecule has 0 saturated carbocycles. The largest absolute Gasteiger partial charge is 0.465 e. The van der Waals surface area contributed by atoms with Crippen LogP contribution in [-0.2, 0) is 14.3 Å². The van der Waals surface area contributed by atoms with Crippen molar-refractivity contribution in [3.05, 3.63) is 11.6 Å². The second-order valence-corrected chi connectivity index (χ2v) is 3.81. The normalized spacial score (nSPS) is 27.1. The Balaban J connectivity index is 2.89. The molecule has 0 aromatic carbocycles. The smallest absolute Gasteiger partial charge is 0.319 e. The summed E-state index contributed by atoms with van der Waals surface area (Å²) >= 11 is 0.